The van der Waals surface area contributed by atoms with E-state index in [1.807, 2.05) is 6.92 Å². The van der Waals surface area contributed by atoms with Crippen LogP contribution in [0.4, 0.5) is 11.8 Å². The van der Waals surface area contributed by atoms with Crippen molar-refractivity contribution in [1.29, 1.82) is 0 Å². The molecule has 0 fully saturated rings. The zero-order valence-corrected chi connectivity index (χ0v) is 9.12. The number of rotatable bonds is 5. The largest absolute Gasteiger partial charge is 0.394 e. The van der Waals surface area contributed by atoms with E-state index in [0.29, 0.717) is 10.8 Å². The molecule has 6 nitrogen and oxygen atoms in total. The van der Waals surface area contributed by atoms with E-state index in [1.165, 1.54) is 6.20 Å². The Balaban J connectivity index is 2.82. The summed E-state index contributed by atoms with van der Waals surface area (Å²) in [7, 11) is 0. The number of nitrogens with zero attached hydrogens (tertiary/aromatic N) is 2. The third kappa shape index (κ3) is 3.19. The van der Waals surface area contributed by atoms with Gasteiger partial charge in [-0.05, 0) is 6.42 Å². The highest BCUT2D eigenvalue weighted by molar-refractivity contribution is 6.32. The number of nitrogens with two attached hydrogens (primary N) is 1. The number of hydrogen-bond acceptors (Lipinski definition) is 6. The molecule has 84 valence electrons. The summed E-state index contributed by atoms with van der Waals surface area (Å²) >= 11 is 5.87. The average Bonchev–Trinajstić information content (AvgIpc) is 2.28. The molecule has 1 rings (SSSR count). The smallest absolute Gasteiger partial charge is 0.239 e. The maximum atomic E-state index is 9.02. The summed E-state index contributed by atoms with van der Waals surface area (Å²) in [5, 5.41) is 12.4. The van der Waals surface area contributed by atoms with Gasteiger partial charge < -0.3 is 10.4 Å². The van der Waals surface area contributed by atoms with Crippen molar-refractivity contribution in [2.24, 2.45) is 5.84 Å². The molecule has 0 bridgehead atoms. The van der Waals surface area contributed by atoms with Crippen molar-refractivity contribution < 1.29 is 5.11 Å². The molecule has 0 saturated heterocycles. The van der Waals surface area contributed by atoms with Crippen LogP contribution in [-0.2, 0) is 0 Å². The van der Waals surface area contributed by atoms with Crippen LogP contribution in [0.1, 0.15) is 13.3 Å². The van der Waals surface area contributed by atoms with Crippen molar-refractivity contribution in [3.05, 3.63) is 11.2 Å². The molecule has 5 N–H and O–H groups in total. The number of hydrazine groups is 1. The van der Waals surface area contributed by atoms with E-state index in [0.717, 1.165) is 6.42 Å². The number of nitrogens with one attached hydrogen (secondary N) is 2. The first-order valence-corrected chi connectivity index (χ1v) is 4.95. The second kappa shape index (κ2) is 5.69. The van der Waals surface area contributed by atoms with E-state index in [4.69, 9.17) is 22.6 Å². The van der Waals surface area contributed by atoms with Gasteiger partial charge in [0.25, 0.3) is 0 Å². The van der Waals surface area contributed by atoms with E-state index < -0.39 is 0 Å². The maximum absolute atomic E-state index is 9.02. The summed E-state index contributed by atoms with van der Waals surface area (Å²) in [6.45, 7) is 1.97. The van der Waals surface area contributed by atoms with Crippen molar-refractivity contribution in [1.82, 2.24) is 9.97 Å². The third-order valence-corrected chi connectivity index (χ3v) is 2.20. The number of aromatic nitrogens is 2. The number of nitrogen functional groups attached to an aromatic ring is 1. The Labute approximate surface area is 92.8 Å². The standard InChI is InChI=1S/C8H14ClN5O/c1-2-5(4-15)12-7-6(9)3-11-8(13-7)14-10/h3,5,15H,2,4,10H2,1H3,(H2,11,12,13,14). The first-order chi connectivity index (χ1) is 7.21. The summed E-state index contributed by atoms with van der Waals surface area (Å²) < 4.78 is 0. The van der Waals surface area contributed by atoms with Gasteiger partial charge in [0.1, 0.15) is 5.02 Å². The van der Waals surface area contributed by atoms with Crippen LogP contribution in [0.5, 0.6) is 0 Å². The van der Waals surface area contributed by atoms with E-state index in [1.54, 1.807) is 0 Å². The van der Waals surface area contributed by atoms with Crippen LogP contribution in [-0.4, -0.2) is 27.7 Å². The summed E-state index contributed by atoms with van der Waals surface area (Å²) in [6.07, 6.45) is 2.21. The number of hydrogen-bond donors (Lipinski definition) is 4. The fourth-order valence-corrected chi connectivity index (χ4v) is 1.15. The Bertz CT molecular complexity index is 318. The van der Waals surface area contributed by atoms with Gasteiger partial charge in [0.05, 0.1) is 18.8 Å². The molecule has 0 aromatic carbocycles. The summed E-state index contributed by atoms with van der Waals surface area (Å²) in [5.41, 5.74) is 2.32. The molecule has 1 unspecified atom stereocenters. The molecule has 0 spiro atoms. The van der Waals surface area contributed by atoms with Gasteiger partial charge in [0, 0.05) is 0 Å². The highest BCUT2D eigenvalue weighted by atomic mass is 35.5. The Morgan fingerprint density at radius 2 is 2.40 bits per heavy atom. The average molecular weight is 232 g/mol. The zero-order chi connectivity index (χ0) is 11.3. The van der Waals surface area contributed by atoms with Crippen LogP contribution < -0.4 is 16.6 Å². The topological polar surface area (TPSA) is 96.1 Å². The van der Waals surface area contributed by atoms with E-state index in [2.05, 4.69) is 20.7 Å². The van der Waals surface area contributed by atoms with Crippen LogP contribution in [0.15, 0.2) is 6.20 Å². The van der Waals surface area contributed by atoms with Gasteiger partial charge in [0.2, 0.25) is 5.95 Å². The first kappa shape index (κ1) is 12.0. The minimum atomic E-state index is -0.0805. The monoisotopic (exact) mass is 231 g/mol. The summed E-state index contributed by atoms with van der Waals surface area (Å²) in [6, 6.07) is -0.0805. The SMILES string of the molecule is CCC(CO)Nc1nc(NN)ncc1Cl. The Kier molecular flexibility index (Phi) is 4.54. The fourth-order valence-electron chi connectivity index (χ4n) is 1.01. The lowest BCUT2D eigenvalue weighted by molar-refractivity contribution is 0.271. The molecule has 1 atom stereocenters. The number of aliphatic hydroxyl groups excluding tert-OH is 1. The fraction of sp³-hybridized carbons (Fsp3) is 0.500. The van der Waals surface area contributed by atoms with Crippen molar-refractivity contribution >= 4 is 23.4 Å². The van der Waals surface area contributed by atoms with Gasteiger partial charge in [-0.15, -0.1) is 0 Å². The lowest BCUT2D eigenvalue weighted by atomic mass is 10.2. The molecule has 1 heterocycles. The summed E-state index contributed by atoms with van der Waals surface area (Å²) in [5.74, 6) is 5.90. The molecular formula is C8H14ClN5O. The molecule has 0 saturated carbocycles. The van der Waals surface area contributed by atoms with Crippen LogP contribution in [0, 0.1) is 0 Å². The van der Waals surface area contributed by atoms with Gasteiger partial charge in [-0.3, -0.25) is 5.43 Å². The summed E-state index contributed by atoms with van der Waals surface area (Å²) in [4.78, 5) is 7.86. The van der Waals surface area contributed by atoms with Gasteiger partial charge in [-0.25, -0.2) is 10.8 Å². The molecule has 7 heteroatoms. The predicted octanol–water partition coefficient (Wildman–Crippen LogP) is 0.598. The number of anilines is 2. The predicted molar refractivity (Wildman–Crippen MR) is 59.6 cm³/mol. The van der Waals surface area contributed by atoms with Crippen LogP contribution in [0.2, 0.25) is 5.02 Å². The van der Waals surface area contributed by atoms with Crippen molar-refractivity contribution in [3.63, 3.8) is 0 Å². The second-order valence-electron chi connectivity index (χ2n) is 2.97. The maximum Gasteiger partial charge on any atom is 0.239 e. The Morgan fingerprint density at radius 1 is 1.67 bits per heavy atom. The second-order valence-corrected chi connectivity index (χ2v) is 3.37. The lowest BCUT2D eigenvalue weighted by Crippen LogP contribution is -2.24. The van der Waals surface area contributed by atoms with E-state index in [9.17, 15) is 0 Å². The first-order valence-electron chi connectivity index (χ1n) is 4.57. The molecule has 0 radical (unpaired) electrons. The van der Waals surface area contributed by atoms with E-state index in [-0.39, 0.29) is 18.6 Å². The van der Waals surface area contributed by atoms with Gasteiger partial charge >= 0.3 is 0 Å². The van der Waals surface area contributed by atoms with Crippen molar-refractivity contribution in [2.75, 3.05) is 17.3 Å². The van der Waals surface area contributed by atoms with E-state index >= 15 is 0 Å². The normalized spacial score (nSPS) is 12.3. The molecule has 0 aliphatic carbocycles. The Hall–Kier alpha value is -1.11. The quantitative estimate of drug-likeness (QED) is 0.438. The Morgan fingerprint density at radius 3 is 2.93 bits per heavy atom. The third-order valence-electron chi connectivity index (χ3n) is 1.93. The number of halogens is 1. The molecule has 15 heavy (non-hydrogen) atoms. The van der Waals surface area contributed by atoms with Gasteiger partial charge in [-0.2, -0.15) is 4.98 Å². The van der Waals surface area contributed by atoms with Crippen molar-refractivity contribution in [3.8, 4) is 0 Å². The lowest BCUT2D eigenvalue weighted by Gasteiger charge is -2.15. The van der Waals surface area contributed by atoms with Gasteiger partial charge in [0.15, 0.2) is 5.82 Å². The van der Waals surface area contributed by atoms with Crippen LogP contribution in [0.25, 0.3) is 0 Å². The van der Waals surface area contributed by atoms with Gasteiger partial charge in [-0.1, -0.05) is 18.5 Å². The van der Waals surface area contributed by atoms with Crippen molar-refractivity contribution in [2.45, 2.75) is 19.4 Å². The highest BCUT2D eigenvalue weighted by Gasteiger charge is 2.09. The number of aliphatic hydroxyl groups is 1. The molecule has 1 aromatic heterocycles. The van der Waals surface area contributed by atoms with Crippen LogP contribution in [0.3, 0.4) is 0 Å². The zero-order valence-electron chi connectivity index (χ0n) is 8.37. The molecule has 0 aliphatic rings. The highest BCUT2D eigenvalue weighted by Crippen LogP contribution is 2.20. The minimum absolute atomic E-state index is 0.0161. The minimum Gasteiger partial charge on any atom is -0.394 e. The molecule has 0 amide bonds. The molecule has 1 aromatic rings. The van der Waals surface area contributed by atoms with Crippen LogP contribution >= 0.6 is 11.6 Å². The molecular weight excluding hydrogens is 218 g/mol. The molecule has 0 aliphatic heterocycles.